The van der Waals surface area contributed by atoms with E-state index in [-0.39, 0.29) is 11.9 Å². The van der Waals surface area contributed by atoms with Gasteiger partial charge >= 0.3 is 0 Å². The number of hydrogen-bond acceptors (Lipinski definition) is 9. The van der Waals surface area contributed by atoms with Crippen molar-refractivity contribution in [3.8, 4) is 16.9 Å². The molecule has 38 heavy (non-hydrogen) atoms. The Morgan fingerprint density at radius 2 is 1.84 bits per heavy atom. The lowest BCUT2D eigenvalue weighted by atomic mass is 10.1. The van der Waals surface area contributed by atoms with E-state index in [2.05, 4.69) is 42.0 Å². The third-order valence-corrected chi connectivity index (χ3v) is 5.81. The topological polar surface area (TPSA) is 108 Å². The number of benzene rings is 1. The smallest absolute Gasteiger partial charge is 0.247 e. The molecule has 3 aromatic heterocycles. The summed E-state index contributed by atoms with van der Waals surface area (Å²) >= 11 is 0. The number of carbonyl (C=O) groups excluding carboxylic acids is 1. The van der Waals surface area contributed by atoms with Crippen LogP contribution in [0.5, 0.6) is 5.75 Å². The SMILES string of the molecule is C=CC(=O)Nc1cc(Nc2ncc3cncc(-c4cncc(F)c4)c3n2)c(OC)cc1N(C)CCN(C)C. The van der Waals surface area contributed by atoms with E-state index in [4.69, 9.17) is 4.74 Å². The molecule has 0 aliphatic heterocycles. The fraction of sp³-hybridized carbons (Fsp3) is 0.222. The van der Waals surface area contributed by atoms with E-state index >= 15 is 0 Å². The summed E-state index contributed by atoms with van der Waals surface area (Å²) in [5.74, 6) is 0.0103. The van der Waals surface area contributed by atoms with E-state index in [0.717, 1.165) is 25.0 Å². The summed E-state index contributed by atoms with van der Waals surface area (Å²) in [7, 11) is 7.50. The van der Waals surface area contributed by atoms with Crippen molar-refractivity contribution in [2.45, 2.75) is 0 Å². The van der Waals surface area contributed by atoms with Crippen molar-refractivity contribution in [1.82, 2.24) is 24.8 Å². The third-order valence-electron chi connectivity index (χ3n) is 5.81. The number of nitrogens with one attached hydrogen (secondary N) is 2. The Balaban J connectivity index is 1.75. The van der Waals surface area contributed by atoms with E-state index < -0.39 is 5.82 Å². The average molecular weight is 517 g/mol. The Morgan fingerprint density at radius 1 is 1.05 bits per heavy atom. The zero-order valence-electron chi connectivity index (χ0n) is 21.7. The van der Waals surface area contributed by atoms with E-state index in [1.165, 1.54) is 12.1 Å². The summed E-state index contributed by atoms with van der Waals surface area (Å²) in [6.45, 7) is 5.09. The Morgan fingerprint density at radius 3 is 2.55 bits per heavy atom. The van der Waals surface area contributed by atoms with Crippen LogP contribution in [0.15, 0.2) is 61.8 Å². The van der Waals surface area contributed by atoms with Crippen LogP contribution in [-0.2, 0) is 4.79 Å². The molecule has 4 rings (SSSR count). The molecule has 0 unspecified atom stereocenters. The molecule has 0 bridgehead atoms. The summed E-state index contributed by atoms with van der Waals surface area (Å²) < 4.78 is 19.5. The highest BCUT2D eigenvalue weighted by Crippen LogP contribution is 2.38. The van der Waals surface area contributed by atoms with Gasteiger partial charge < -0.3 is 25.2 Å². The van der Waals surface area contributed by atoms with Crippen molar-refractivity contribution in [2.75, 3.05) is 56.9 Å². The molecule has 0 saturated carbocycles. The van der Waals surface area contributed by atoms with Gasteiger partial charge in [0, 0.05) is 67.5 Å². The molecule has 0 aliphatic carbocycles. The maximum atomic E-state index is 13.9. The van der Waals surface area contributed by atoms with Gasteiger partial charge in [-0.25, -0.2) is 14.4 Å². The van der Waals surface area contributed by atoms with Crippen LogP contribution in [-0.4, -0.2) is 72.1 Å². The molecule has 0 aliphatic rings. The van der Waals surface area contributed by atoms with Crippen molar-refractivity contribution in [1.29, 1.82) is 0 Å². The summed E-state index contributed by atoms with van der Waals surface area (Å²) in [6.07, 6.45) is 8.78. The van der Waals surface area contributed by atoms with Crippen LogP contribution in [0.1, 0.15) is 0 Å². The predicted octanol–water partition coefficient (Wildman–Crippen LogP) is 4.10. The molecule has 196 valence electrons. The maximum Gasteiger partial charge on any atom is 0.247 e. The van der Waals surface area contributed by atoms with Gasteiger partial charge in [0.2, 0.25) is 11.9 Å². The molecule has 10 nitrogen and oxygen atoms in total. The second-order valence-corrected chi connectivity index (χ2v) is 8.82. The lowest BCUT2D eigenvalue weighted by molar-refractivity contribution is -0.111. The highest BCUT2D eigenvalue weighted by molar-refractivity contribution is 6.02. The summed E-state index contributed by atoms with van der Waals surface area (Å²) in [6, 6.07) is 4.98. The fourth-order valence-electron chi connectivity index (χ4n) is 3.81. The summed E-state index contributed by atoms with van der Waals surface area (Å²) in [5, 5.41) is 6.75. The zero-order valence-corrected chi connectivity index (χ0v) is 21.7. The van der Waals surface area contributed by atoms with Crippen LogP contribution in [0.3, 0.4) is 0 Å². The number of aromatic nitrogens is 4. The van der Waals surface area contributed by atoms with Gasteiger partial charge in [0.1, 0.15) is 11.6 Å². The molecule has 11 heteroatoms. The number of methoxy groups -OCH3 is 1. The molecular weight excluding hydrogens is 487 g/mol. The highest BCUT2D eigenvalue weighted by atomic mass is 19.1. The molecule has 0 fully saturated rings. The Bertz CT molecular complexity index is 1480. The van der Waals surface area contributed by atoms with Gasteiger partial charge in [-0.05, 0) is 32.3 Å². The number of amides is 1. The minimum absolute atomic E-state index is 0.280. The first kappa shape index (κ1) is 26.4. The van der Waals surface area contributed by atoms with Gasteiger partial charge in [0.25, 0.3) is 0 Å². The molecule has 1 amide bonds. The molecule has 0 atom stereocenters. The molecular formula is C27H29FN8O2. The van der Waals surface area contributed by atoms with Crippen LogP contribution < -0.4 is 20.3 Å². The van der Waals surface area contributed by atoms with Crippen molar-refractivity contribution in [3.63, 3.8) is 0 Å². The zero-order chi connectivity index (χ0) is 27.2. The van der Waals surface area contributed by atoms with Crippen LogP contribution in [0, 0.1) is 5.82 Å². The highest BCUT2D eigenvalue weighted by Gasteiger charge is 2.17. The lowest BCUT2D eigenvalue weighted by Crippen LogP contribution is -2.29. The number of carbonyl (C=O) groups is 1. The average Bonchev–Trinajstić information content (AvgIpc) is 2.91. The molecule has 0 spiro atoms. The number of ether oxygens (including phenoxy) is 1. The number of likely N-dealkylation sites (N-methyl/N-ethyl adjacent to an activating group) is 2. The first-order valence-electron chi connectivity index (χ1n) is 11.8. The summed E-state index contributed by atoms with van der Waals surface area (Å²) in [5.41, 5.74) is 3.61. The van der Waals surface area contributed by atoms with Crippen molar-refractivity contribution in [3.05, 3.63) is 67.7 Å². The van der Waals surface area contributed by atoms with Gasteiger partial charge in [-0.1, -0.05) is 6.58 Å². The minimum atomic E-state index is -0.457. The second kappa shape index (κ2) is 11.6. The second-order valence-electron chi connectivity index (χ2n) is 8.82. The maximum absolute atomic E-state index is 13.9. The van der Waals surface area contributed by atoms with Crippen LogP contribution >= 0.6 is 0 Å². The number of halogens is 1. The molecule has 0 saturated heterocycles. The molecule has 2 N–H and O–H groups in total. The monoisotopic (exact) mass is 516 g/mol. The largest absolute Gasteiger partial charge is 0.494 e. The van der Waals surface area contributed by atoms with Crippen LogP contribution in [0.25, 0.3) is 22.0 Å². The van der Waals surface area contributed by atoms with E-state index in [9.17, 15) is 9.18 Å². The van der Waals surface area contributed by atoms with E-state index in [1.54, 1.807) is 38.0 Å². The number of hydrogen-bond donors (Lipinski definition) is 2. The van der Waals surface area contributed by atoms with Gasteiger partial charge in [-0.2, -0.15) is 0 Å². The number of fused-ring (bicyclic) bond motifs is 1. The van der Waals surface area contributed by atoms with Gasteiger partial charge in [0.05, 0.1) is 35.9 Å². The number of pyridine rings is 2. The van der Waals surface area contributed by atoms with Gasteiger partial charge in [-0.3, -0.25) is 14.8 Å². The molecule has 1 aromatic carbocycles. The number of anilines is 4. The van der Waals surface area contributed by atoms with Crippen molar-refractivity contribution < 1.29 is 13.9 Å². The van der Waals surface area contributed by atoms with Crippen LogP contribution in [0.4, 0.5) is 27.4 Å². The predicted molar refractivity (Wildman–Crippen MR) is 147 cm³/mol. The standard InChI is InChI=1S/C27H29FN8O2/c1-6-25(37)32-21-10-22(24(38-5)11-23(21)36(4)8-7-35(2)3)33-27-31-14-18-13-30-16-20(26(18)34-27)17-9-19(28)15-29-12-17/h6,9-16H,1,7-8H2,2-5H3,(H,32,37)(H,31,33,34). The quantitative estimate of drug-likeness (QED) is 0.301. The fourth-order valence-corrected chi connectivity index (χ4v) is 3.81. The lowest BCUT2D eigenvalue weighted by Gasteiger charge is -2.26. The third kappa shape index (κ3) is 6.01. The molecule has 3 heterocycles. The van der Waals surface area contributed by atoms with Gasteiger partial charge in [-0.15, -0.1) is 0 Å². The Kier molecular flexibility index (Phi) is 8.07. The van der Waals surface area contributed by atoms with E-state index in [1.807, 2.05) is 32.1 Å². The van der Waals surface area contributed by atoms with Crippen LogP contribution in [0.2, 0.25) is 0 Å². The van der Waals surface area contributed by atoms with E-state index in [0.29, 0.717) is 39.2 Å². The Labute approximate surface area is 220 Å². The van der Waals surface area contributed by atoms with Gasteiger partial charge in [0.15, 0.2) is 0 Å². The number of rotatable bonds is 10. The first-order chi connectivity index (χ1) is 18.3. The molecule has 4 aromatic rings. The normalized spacial score (nSPS) is 10.9. The number of nitrogens with zero attached hydrogens (tertiary/aromatic N) is 6. The Hall–Kier alpha value is -4.64. The summed E-state index contributed by atoms with van der Waals surface area (Å²) in [4.78, 5) is 33.6. The first-order valence-corrected chi connectivity index (χ1v) is 11.8. The molecule has 0 radical (unpaired) electrons. The van der Waals surface area contributed by atoms with Crippen molar-refractivity contribution in [2.24, 2.45) is 0 Å². The van der Waals surface area contributed by atoms with Crippen molar-refractivity contribution >= 4 is 39.8 Å². The minimum Gasteiger partial charge on any atom is -0.494 e.